The SMILES string of the molecule is Clc1cc2c(ccc3c(Cl)c(-c4ccc5ccc6cccc7ccc4c5c67)ccc32)cc1-c1ccc2ccc3cccc4ccc1c2c34. The van der Waals surface area contributed by atoms with Crippen molar-refractivity contribution in [3.05, 3.63) is 156 Å². The molecule has 48 heavy (non-hydrogen) atoms. The van der Waals surface area contributed by atoms with E-state index in [4.69, 9.17) is 23.2 Å². The third kappa shape index (κ3) is 3.51. The Hall–Kier alpha value is -5.40. The fourth-order valence-corrected chi connectivity index (χ4v) is 9.07. The maximum Gasteiger partial charge on any atom is 0.0563 e. The van der Waals surface area contributed by atoms with E-state index in [0.29, 0.717) is 0 Å². The molecule has 0 amide bonds. The van der Waals surface area contributed by atoms with Crippen molar-refractivity contribution in [2.75, 3.05) is 0 Å². The minimum absolute atomic E-state index is 0.733. The predicted molar refractivity (Wildman–Crippen MR) is 210 cm³/mol. The molecule has 222 valence electrons. The zero-order valence-electron chi connectivity index (χ0n) is 25.6. The summed E-state index contributed by atoms with van der Waals surface area (Å²) in [6.07, 6.45) is 0. The van der Waals surface area contributed by atoms with Gasteiger partial charge in [-0.1, -0.05) is 157 Å². The Morgan fingerprint density at radius 1 is 0.271 bits per heavy atom. The number of benzene rings is 11. The van der Waals surface area contributed by atoms with Gasteiger partial charge in [-0.2, -0.15) is 0 Å². The number of halogens is 2. The van der Waals surface area contributed by atoms with Crippen LogP contribution in [0.3, 0.4) is 0 Å². The maximum absolute atomic E-state index is 7.34. The summed E-state index contributed by atoms with van der Waals surface area (Å²) in [5, 5.41) is 21.1. The smallest absolute Gasteiger partial charge is 0.0563 e. The molecule has 0 N–H and O–H groups in total. The molecule has 0 saturated carbocycles. The maximum atomic E-state index is 7.34. The van der Waals surface area contributed by atoms with E-state index in [1.807, 2.05) is 0 Å². The van der Waals surface area contributed by atoms with E-state index in [0.717, 1.165) is 53.8 Å². The standard InChI is InChI=1S/C46H24Cl2/c47-41-24-39-31(23-40(41)33-17-12-30-10-8-26-4-2-6-28-14-19-36(33)45(30)43(26)28)15-20-37-34(39)21-22-38(46(37)48)32-16-11-29-9-7-25-3-1-5-27-13-18-35(32)44(29)42(25)27/h1-24H. The largest absolute Gasteiger partial charge is 0.0836 e. The number of fused-ring (bicyclic) bond motifs is 3. The first-order valence-corrected chi connectivity index (χ1v) is 17.1. The number of hydrogen-bond acceptors (Lipinski definition) is 0. The van der Waals surface area contributed by atoms with Crippen LogP contribution in [0.15, 0.2) is 146 Å². The minimum atomic E-state index is 0.733. The Balaban J connectivity index is 1.11. The van der Waals surface area contributed by atoms with Crippen molar-refractivity contribution in [3.8, 4) is 22.3 Å². The predicted octanol–water partition coefficient (Wildman–Crippen LogP) is 14.4. The Bertz CT molecular complexity index is 2960. The lowest BCUT2D eigenvalue weighted by atomic mass is 9.88. The Morgan fingerprint density at radius 2 is 0.688 bits per heavy atom. The highest BCUT2D eigenvalue weighted by Gasteiger charge is 2.18. The Kier molecular flexibility index (Phi) is 5.32. The number of rotatable bonds is 2. The van der Waals surface area contributed by atoms with Crippen LogP contribution in [0.25, 0.3) is 108 Å². The molecule has 2 heteroatoms. The lowest BCUT2D eigenvalue weighted by Gasteiger charge is -2.17. The Morgan fingerprint density at radius 3 is 1.27 bits per heavy atom. The van der Waals surface area contributed by atoms with Gasteiger partial charge in [0.2, 0.25) is 0 Å². The molecule has 0 aromatic heterocycles. The molecule has 0 atom stereocenters. The highest BCUT2D eigenvalue weighted by Crippen LogP contribution is 2.46. The lowest BCUT2D eigenvalue weighted by Crippen LogP contribution is -1.90. The van der Waals surface area contributed by atoms with Gasteiger partial charge in [-0.15, -0.1) is 0 Å². The van der Waals surface area contributed by atoms with Crippen molar-refractivity contribution in [2.24, 2.45) is 0 Å². The zero-order valence-corrected chi connectivity index (χ0v) is 27.1. The molecular formula is C46H24Cl2. The molecule has 0 fully saturated rings. The average molecular weight is 648 g/mol. The first kappa shape index (κ1) is 26.6. The molecule has 0 heterocycles. The van der Waals surface area contributed by atoms with Gasteiger partial charge in [-0.3, -0.25) is 0 Å². The van der Waals surface area contributed by atoms with Crippen molar-refractivity contribution in [1.82, 2.24) is 0 Å². The molecule has 0 radical (unpaired) electrons. The second-order valence-corrected chi connectivity index (χ2v) is 13.9. The van der Waals surface area contributed by atoms with Crippen LogP contribution in [0.2, 0.25) is 10.0 Å². The van der Waals surface area contributed by atoms with Gasteiger partial charge < -0.3 is 0 Å². The summed E-state index contributed by atoms with van der Waals surface area (Å²) in [6.45, 7) is 0. The molecule has 0 saturated heterocycles. The molecule has 0 nitrogen and oxygen atoms in total. The summed E-state index contributed by atoms with van der Waals surface area (Å²) < 4.78 is 0. The first-order chi connectivity index (χ1) is 23.6. The normalized spacial score (nSPS) is 12.4. The van der Waals surface area contributed by atoms with Gasteiger partial charge in [0.05, 0.1) is 5.02 Å². The highest BCUT2D eigenvalue weighted by atomic mass is 35.5. The van der Waals surface area contributed by atoms with Gasteiger partial charge in [-0.05, 0) is 104 Å². The van der Waals surface area contributed by atoms with E-state index in [1.54, 1.807) is 0 Å². The van der Waals surface area contributed by atoms with Crippen LogP contribution >= 0.6 is 23.2 Å². The molecule has 11 aromatic carbocycles. The highest BCUT2D eigenvalue weighted by molar-refractivity contribution is 6.41. The van der Waals surface area contributed by atoms with Crippen molar-refractivity contribution >= 4 is 109 Å². The van der Waals surface area contributed by atoms with Crippen molar-refractivity contribution in [2.45, 2.75) is 0 Å². The molecule has 0 aliphatic carbocycles. The van der Waals surface area contributed by atoms with Crippen LogP contribution in [0.5, 0.6) is 0 Å². The fraction of sp³-hybridized carbons (Fsp3) is 0. The summed E-state index contributed by atoms with van der Waals surface area (Å²) in [5.74, 6) is 0. The Labute approximate surface area is 286 Å². The third-order valence-corrected chi connectivity index (χ3v) is 11.4. The molecule has 11 rings (SSSR count). The summed E-state index contributed by atoms with van der Waals surface area (Å²) in [5.41, 5.74) is 4.38. The average Bonchev–Trinajstić information content (AvgIpc) is 3.13. The molecular weight excluding hydrogens is 623 g/mol. The van der Waals surface area contributed by atoms with E-state index in [1.165, 1.54) is 64.6 Å². The van der Waals surface area contributed by atoms with Crippen LogP contribution in [0.4, 0.5) is 0 Å². The van der Waals surface area contributed by atoms with E-state index in [-0.39, 0.29) is 0 Å². The van der Waals surface area contributed by atoms with Crippen molar-refractivity contribution in [3.63, 3.8) is 0 Å². The van der Waals surface area contributed by atoms with Crippen LogP contribution < -0.4 is 0 Å². The monoisotopic (exact) mass is 646 g/mol. The van der Waals surface area contributed by atoms with Crippen LogP contribution in [-0.2, 0) is 0 Å². The molecule has 0 unspecified atom stereocenters. The zero-order chi connectivity index (χ0) is 31.7. The molecule has 0 aliphatic rings. The van der Waals surface area contributed by atoms with Crippen molar-refractivity contribution in [1.29, 1.82) is 0 Å². The summed E-state index contributed by atoms with van der Waals surface area (Å²) in [7, 11) is 0. The van der Waals surface area contributed by atoms with Gasteiger partial charge in [0.25, 0.3) is 0 Å². The van der Waals surface area contributed by atoms with Gasteiger partial charge in [0.1, 0.15) is 0 Å². The van der Waals surface area contributed by atoms with Gasteiger partial charge in [0.15, 0.2) is 0 Å². The van der Waals surface area contributed by atoms with Crippen LogP contribution in [-0.4, -0.2) is 0 Å². The second-order valence-electron chi connectivity index (χ2n) is 13.1. The van der Waals surface area contributed by atoms with Crippen molar-refractivity contribution < 1.29 is 0 Å². The molecule has 0 bridgehead atoms. The number of hydrogen-bond donors (Lipinski definition) is 0. The third-order valence-electron chi connectivity index (χ3n) is 10.7. The van der Waals surface area contributed by atoms with Crippen LogP contribution in [0.1, 0.15) is 0 Å². The van der Waals surface area contributed by atoms with E-state index < -0.39 is 0 Å². The van der Waals surface area contributed by atoms with E-state index in [9.17, 15) is 0 Å². The van der Waals surface area contributed by atoms with Gasteiger partial charge >= 0.3 is 0 Å². The second kappa shape index (κ2) is 9.58. The van der Waals surface area contributed by atoms with Gasteiger partial charge in [-0.25, -0.2) is 0 Å². The molecule has 0 spiro atoms. The fourth-order valence-electron chi connectivity index (χ4n) is 8.48. The summed E-state index contributed by atoms with van der Waals surface area (Å²) in [6, 6.07) is 52.9. The van der Waals surface area contributed by atoms with Gasteiger partial charge in [0, 0.05) is 21.5 Å². The summed E-state index contributed by atoms with van der Waals surface area (Å²) >= 11 is 14.5. The van der Waals surface area contributed by atoms with E-state index in [2.05, 4.69) is 146 Å². The first-order valence-electron chi connectivity index (χ1n) is 16.3. The summed E-state index contributed by atoms with van der Waals surface area (Å²) in [4.78, 5) is 0. The molecule has 0 aliphatic heterocycles. The van der Waals surface area contributed by atoms with E-state index >= 15 is 0 Å². The lowest BCUT2D eigenvalue weighted by molar-refractivity contribution is 1.69. The topological polar surface area (TPSA) is 0 Å². The minimum Gasteiger partial charge on any atom is -0.0836 e. The quantitative estimate of drug-likeness (QED) is 0.164. The van der Waals surface area contributed by atoms with Crippen LogP contribution in [0, 0.1) is 0 Å². The molecule has 11 aromatic rings.